The van der Waals surface area contributed by atoms with Crippen LogP contribution in [-0.2, 0) is 4.74 Å². The zero-order chi connectivity index (χ0) is 13.8. The number of aliphatic hydroxyl groups is 1. The molecular formula is C12H14ClF3O2. The number of aryl methyl sites for hydroxylation is 1. The molecule has 0 fully saturated rings. The molecule has 0 aliphatic heterocycles. The molecule has 1 N–H and O–H groups in total. The van der Waals surface area contributed by atoms with Gasteiger partial charge in [-0.1, -0.05) is 23.7 Å². The lowest BCUT2D eigenvalue weighted by atomic mass is 10.1. The van der Waals surface area contributed by atoms with E-state index < -0.39 is 18.9 Å². The first-order valence-electron chi connectivity index (χ1n) is 5.38. The Morgan fingerprint density at radius 3 is 2.61 bits per heavy atom. The maximum atomic E-state index is 11.8. The fourth-order valence-corrected chi connectivity index (χ4v) is 1.55. The largest absolute Gasteiger partial charge is 0.411 e. The van der Waals surface area contributed by atoms with Crippen molar-refractivity contribution in [2.24, 2.45) is 0 Å². The summed E-state index contributed by atoms with van der Waals surface area (Å²) in [5, 5.41) is 10.3. The lowest BCUT2D eigenvalue weighted by Gasteiger charge is -2.13. The Kier molecular flexibility index (Phi) is 5.44. The summed E-state index contributed by atoms with van der Waals surface area (Å²) in [5.74, 6) is 0. The first-order chi connectivity index (χ1) is 8.29. The second-order valence-electron chi connectivity index (χ2n) is 3.98. The summed E-state index contributed by atoms with van der Waals surface area (Å²) in [6.45, 7) is 0.367. The number of benzene rings is 1. The monoisotopic (exact) mass is 282 g/mol. The molecule has 0 saturated heterocycles. The van der Waals surface area contributed by atoms with Crippen molar-refractivity contribution in [3.63, 3.8) is 0 Å². The molecule has 0 aliphatic rings. The number of halogens is 4. The Hall–Kier alpha value is -0.780. The van der Waals surface area contributed by atoms with Crippen LogP contribution in [0.1, 0.15) is 23.7 Å². The highest BCUT2D eigenvalue weighted by Crippen LogP contribution is 2.23. The number of alkyl halides is 3. The van der Waals surface area contributed by atoms with Crippen molar-refractivity contribution >= 4 is 11.6 Å². The summed E-state index contributed by atoms with van der Waals surface area (Å²) < 4.78 is 39.8. The van der Waals surface area contributed by atoms with Crippen LogP contribution in [0.5, 0.6) is 0 Å². The van der Waals surface area contributed by atoms with Gasteiger partial charge in [0.15, 0.2) is 0 Å². The summed E-state index contributed by atoms with van der Waals surface area (Å²) in [4.78, 5) is 0. The van der Waals surface area contributed by atoms with Crippen LogP contribution in [0.15, 0.2) is 18.2 Å². The smallest absolute Gasteiger partial charge is 0.388 e. The number of hydrogen-bond donors (Lipinski definition) is 1. The number of ether oxygens (including phenoxy) is 1. The molecule has 1 rings (SSSR count). The molecule has 2 nitrogen and oxygen atoms in total. The molecule has 0 aliphatic carbocycles. The van der Waals surface area contributed by atoms with Crippen molar-refractivity contribution in [3.8, 4) is 0 Å². The molecule has 0 spiro atoms. The molecule has 1 aromatic rings. The molecule has 0 heterocycles. The molecule has 0 bridgehead atoms. The van der Waals surface area contributed by atoms with Gasteiger partial charge in [0.05, 0.1) is 6.10 Å². The molecule has 1 unspecified atom stereocenters. The highest BCUT2D eigenvalue weighted by atomic mass is 35.5. The van der Waals surface area contributed by atoms with Crippen LogP contribution in [0, 0.1) is 6.92 Å². The van der Waals surface area contributed by atoms with E-state index >= 15 is 0 Å². The zero-order valence-electron chi connectivity index (χ0n) is 9.80. The van der Waals surface area contributed by atoms with Crippen molar-refractivity contribution < 1.29 is 23.0 Å². The maximum absolute atomic E-state index is 11.8. The van der Waals surface area contributed by atoms with Gasteiger partial charge in [0, 0.05) is 18.1 Å². The fraction of sp³-hybridized carbons (Fsp3) is 0.500. The first kappa shape index (κ1) is 15.3. The Bertz CT molecular complexity index is 393. The minimum atomic E-state index is -4.34. The summed E-state index contributed by atoms with van der Waals surface area (Å²) >= 11 is 5.89. The average Bonchev–Trinajstić information content (AvgIpc) is 2.26. The van der Waals surface area contributed by atoms with Crippen LogP contribution >= 0.6 is 11.6 Å². The van der Waals surface area contributed by atoms with E-state index in [1.807, 2.05) is 6.92 Å². The van der Waals surface area contributed by atoms with Crippen LogP contribution in [0.3, 0.4) is 0 Å². The first-order valence-corrected chi connectivity index (χ1v) is 5.76. The minimum Gasteiger partial charge on any atom is -0.388 e. The molecule has 0 radical (unpaired) electrons. The second kappa shape index (κ2) is 6.41. The normalized spacial score (nSPS) is 13.7. The SMILES string of the molecule is Cc1ccc(C(O)CCOCC(F)(F)F)cc1Cl. The van der Waals surface area contributed by atoms with Gasteiger partial charge >= 0.3 is 6.18 Å². The summed E-state index contributed by atoms with van der Waals surface area (Å²) in [7, 11) is 0. The molecule has 0 amide bonds. The molecule has 18 heavy (non-hydrogen) atoms. The van der Waals surface area contributed by atoms with Gasteiger partial charge in [-0.3, -0.25) is 0 Å². The van der Waals surface area contributed by atoms with Crippen molar-refractivity contribution in [1.29, 1.82) is 0 Å². The Morgan fingerprint density at radius 2 is 2.06 bits per heavy atom. The third-order valence-electron chi connectivity index (χ3n) is 2.38. The maximum Gasteiger partial charge on any atom is 0.411 e. The van der Waals surface area contributed by atoms with Gasteiger partial charge in [0.1, 0.15) is 6.61 Å². The predicted molar refractivity (Wildman–Crippen MR) is 62.6 cm³/mol. The second-order valence-corrected chi connectivity index (χ2v) is 4.39. The number of hydrogen-bond acceptors (Lipinski definition) is 2. The van der Waals surface area contributed by atoms with Gasteiger partial charge in [0.25, 0.3) is 0 Å². The summed E-state index contributed by atoms with van der Waals surface area (Å²) in [5.41, 5.74) is 1.45. The topological polar surface area (TPSA) is 29.5 Å². The van der Waals surface area contributed by atoms with Crippen LogP contribution in [-0.4, -0.2) is 24.5 Å². The number of rotatable bonds is 5. The highest BCUT2D eigenvalue weighted by molar-refractivity contribution is 6.31. The lowest BCUT2D eigenvalue weighted by molar-refractivity contribution is -0.175. The van der Waals surface area contributed by atoms with Gasteiger partial charge in [-0.15, -0.1) is 0 Å². The van der Waals surface area contributed by atoms with Gasteiger partial charge in [-0.25, -0.2) is 0 Å². The Labute approximate surface area is 108 Å². The van der Waals surface area contributed by atoms with Crippen molar-refractivity contribution in [1.82, 2.24) is 0 Å². The van der Waals surface area contributed by atoms with E-state index in [4.69, 9.17) is 11.6 Å². The fourth-order valence-electron chi connectivity index (χ4n) is 1.37. The van der Waals surface area contributed by atoms with Gasteiger partial charge in [0.2, 0.25) is 0 Å². The van der Waals surface area contributed by atoms with Gasteiger partial charge in [-0.05, 0) is 24.1 Å². The Balaban J connectivity index is 2.41. The quantitative estimate of drug-likeness (QED) is 0.835. The molecular weight excluding hydrogens is 269 g/mol. The third kappa shape index (κ3) is 5.25. The van der Waals surface area contributed by atoms with Crippen LogP contribution in [0.25, 0.3) is 0 Å². The molecule has 0 aromatic heterocycles. The average molecular weight is 283 g/mol. The minimum absolute atomic E-state index is 0.0927. The van der Waals surface area contributed by atoms with Crippen molar-refractivity contribution in [2.75, 3.05) is 13.2 Å². The molecule has 0 saturated carbocycles. The Morgan fingerprint density at radius 1 is 1.39 bits per heavy atom. The van der Waals surface area contributed by atoms with E-state index in [1.54, 1.807) is 18.2 Å². The van der Waals surface area contributed by atoms with E-state index in [0.29, 0.717) is 10.6 Å². The van der Waals surface area contributed by atoms with Crippen LogP contribution in [0.4, 0.5) is 13.2 Å². The van der Waals surface area contributed by atoms with E-state index in [2.05, 4.69) is 4.74 Å². The van der Waals surface area contributed by atoms with Crippen LogP contribution < -0.4 is 0 Å². The standard InChI is InChI=1S/C12H14ClF3O2/c1-8-2-3-9(6-10(8)13)11(17)4-5-18-7-12(14,15)16/h2-3,6,11,17H,4-5,7H2,1H3. The molecule has 1 aromatic carbocycles. The lowest BCUT2D eigenvalue weighted by Crippen LogP contribution is -2.18. The molecule has 1 atom stereocenters. The summed E-state index contributed by atoms with van der Waals surface area (Å²) in [6, 6.07) is 5.04. The van der Waals surface area contributed by atoms with Crippen molar-refractivity contribution in [3.05, 3.63) is 34.3 Å². The summed E-state index contributed by atoms with van der Waals surface area (Å²) in [6.07, 6.45) is -5.12. The van der Waals surface area contributed by atoms with Crippen molar-refractivity contribution in [2.45, 2.75) is 25.6 Å². The molecule has 6 heteroatoms. The van der Waals surface area contributed by atoms with E-state index in [-0.39, 0.29) is 13.0 Å². The third-order valence-corrected chi connectivity index (χ3v) is 2.79. The zero-order valence-corrected chi connectivity index (χ0v) is 10.6. The highest BCUT2D eigenvalue weighted by Gasteiger charge is 2.27. The predicted octanol–water partition coefficient (Wildman–Crippen LogP) is 3.65. The van der Waals surface area contributed by atoms with Crippen LogP contribution in [0.2, 0.25) is 5.02 Å². The number of aliphatic hydroxyl groups excluding tert-OH is 1. The van der Waals surface area contributed by atoms with E-state index in [1.165, 1.54) is 0 Å². The van der Waals surface area contributed by atoms with Gasteiger partial charge < -0.3 is 9.84 Å². The van der Waals surface area contributed by atoms with E-state index in [9.17, 15) is 18.3 Å². The van der Waals surface area contributed by atoms with E-state index in [0.717, 1.165) is 5.56 Å². The van der Waals surface area contributed by atoms with Gasteiger partial charge in [-0.2, -0.15) is 13.2 Å². The molecule has 102 valence electrons.